The van der Waals surface area contributed by atoms with Gasteiger partial charge in [-0.05, 0) is 19.1 Å². The van der Waals surface area contributed by atoms with Gasteiger partial charge in [0, 0.05) is 35.3 Å². The smallest absolute Gasteiger partial charge is 0.383 e. The van der Waals surface area contributed by atoms with Crippen LogP contribution in [0.4, 0.5) is 23.4 Å². The summed E-state index contributed by atoms with van der Waals surface area (Å²) in [6.07, 6.45) is 1.58. The van der Waals surface area contributed by atoms with Crippen molar-refractivity contribution >= 4 is 16.9 Å². The molecular weight excluding hydrogens is 478 g/mol. The van der Waals surface area contributed by atoms with Gasteiger partial charge in [-0.3, -0.25) is 0 Å². The fourth-order valence-electron chi connectivity index (χ4n) is 4.00. The van der Waals surface area contributed by atoms with E-state index in [1.54, 1.807) is 35.9 Å². The molecule has 0 unspecified atom stereocenters. The lowest BCUT2D eigenvalue weighted by Gasteiger charge is -2.14. The van der Waals surface area contributed by atoms with Gasteiger partial charge in [0.05, 0.1) is 17.6 Å². The molecule has 4 heterocycles. The van der Waals surface area contributed by atoms with Crippen LogP contribution in [0.3, 0.4) is 0 Å². The van der Waals surface area contributed by atoms with Crippen molar-refractivity contribution in [2.45, 2.75) is 19.1 Å². The van der Waals surface area contributed by atoms with E-state index in [1.807, 2.05) is 0 Å². The largest absolute Gasteiger partial charge is 0.451 e. The molecule has 5 rings (SSSR count). The number of rotatable bonds is 4. The number of nitrogen functional groups attached to an aromatic ring is 1. The first kappa shape index (κ1) is 22.9. The minimum atomic E-state index is -4.72. The highest BCUT2D eigenvalue weighted by Gasteiger charge is 2.35. The van der Waals surface area contributed by atoms with Crippen LogP contribution >= 0.6 is 0 Å². The van der Waals surface area contributed by atoms with Gasteiger partial charge >= 0.3 is 6.18 Å². The van der Waals surface area contributed by atoms with Crippen molar-refractivity contribution in [2.75, 3.05) is 5.73 Å². The number of nitriles is 1. The molecule has 0 saturated carbocycles. The molecule has 9 nitrogen and oxygen atoms in total. The average Bonchev–Trinajstić information content (AvgIpc) is 3.47. The number of hydrogen-bond donors (Lipinski definition) is 1. The van der Waals surface area contributed by atoms with Crippen molar-refractivity contribution in [1.82, 2.24) is 34.3 Å². The molecule has 0 aliphatic heterocycles. The third-order valence-electron chi connectivity index (χ3n) is 5.68. The Hall–Kier alpha value is -4.86. The van der Waals surface area contributed by atoms with E-state index in [9.17, 15) is 22.8 Å². The van der Waals surface area contributed by atoms with Crippen LogP contribution in [0.1, 0.15) is 30.0 Å². The highest BCUT2D eigenvalue weighted by molar-refractivity contribution is 6.03. The van der Waals surface area contributed by atoms with E-state index < -0.39 is 23.9 Å². The number of nitrogens with zero attached hydrogens (tertiary/aromatic N) is 8. The molecule has 0 spiro atoms. The topological polar surface area (TPSA) is 124 Å². The summed E-state index contributed by atoms with van der Waals surface area (Å²) < 4.78 is 56.1. The van der Waals surface area contributed by atoms with Gasteiger partial charge in [0.25, 0.3) is 0 Å². The van der Waals surface area contributed by atoms with E-state index in [1.165, 1.54) is 23.3 Å². The fraction of sp³-hybridized carbons (Fsp3) is 0.130. The second kappa shape index (κ2) is 8.42. The lowest BCUT2D eigenvalue weighted by atomic mass is 10.1. The molecule has 1 aromatic carbocycles. The normalized spacial score (nSPS) is 12.6. The number of para-hydroxylation sites is 1. The van der Waals surface area contributed by atoms with E-state index in [2.05, 4.69) is 31.1 Å². The first-order chi connectivity index (χ1) is 17.2. The molecule has 0 radical (unpaired) electrons. The van der Waals surface area contributed by atoms with Gasteiger partial charge in [0.1, 0.15) is 41.1 Å². The third-order valence-corrected chi connectivity index (χ3v) is 5.68. The van der Waals surface area contributed by atoms with Gasteiger partial charge in [-0.2, -0.15) is 23.5 Å². The Balaban J connectivity index is 1.68. The molecule has 0 aliphatic rings. The fourth-order valence-corrected chi connectivity index (χ4v) is 4.00. The van der Waals surface area contributed by atoms with Gasteiger partial charge in [-0.1, -0.05) is 12.1 Å². The molecule has 36 heavy (non-hydrogen) atoms. The number of aromatic nitrogens is 7. The number of hydrogen-bond acceptors (Lipinski definition) is 7. The van der Waals surface area contributed by atoms with Crippen molar-refractivity contribution in [2.24, 2.45) is 0 Å². The van der Waals surface area contributed by atoms with Crippen LogP contribution in [0.25, 0.3) is 27.8 Å². The summed E-state index contributed by atoms with van der Waals surface area (Å²) in [6, 6.07) is 7.66. The highest BCUT2D eigenvalue weighted by Crippen LogP contribution is 2.39. The standard InChI is InChI=1S/C23H15F4N9/c1-12(14-9-34-35(10-14)16-5-3-2-4-15(16)24)36-17(6-28)18(19-20(29)32-11-33-21(19)36)13-7-30-22(31-8-13)23(25,26)27/h2-5,7-12H,1H3,(H2,29,32,33)/t12-/m0/s1. The maximum atomic E-state index is 14.3. The van der Waals surface area contributed by atoms with Crippen molar-refractivity contribution in [1.29, 1.82) is 5.26 Å². The van der Waals surface area contributed by atoms with Crippen LogP contribution < -0.4 is 5.73 Å². The molecular formula is C23H15F4N9. The number of nitrogens with two attached hydrogens (primary N) is 1. The maximum absolute atomic E-state index is 14.3. The number of benzene rings is 1. The zero-order valence-electron chi connectivity index (χ0n) is 18.4. The van der Waals surface area contributed by atoms with E-state index in [4.69, 9.17) is 5.73 Å². The summed E-state index contributed by atoms with van der Waals surface area (Å²) >= 11 is 0. The molecule has 0 fully saturated rings. The van der Waals surface area contributed by atoms with Crippen molar-refractivity contribution < 1.29 is 17.6 Å². The summed E-state index contributed by atoms with van der Waals surface area (Å²) in [5, 5.41) is 14.6. The van der Waals surface area contributed by atoms with Crippen LogP contribution in [-0.2, 0) is 6.18 Å². The summed E-state index contributed by atoms with van der Waals surface area (Å²) in [5.41, 5.74) is 7.64. The molecule has 0 bridgehead atoms. The summed E-state index contributed by atoms with van der Waals surface area (Å²) in [6.45, 7) is 1.77. The summed E-state index contributed by atoms with van der Waals surface area (Å²) in [7, 11) is 0. The van der Waals surface area contributed by atoms with Crippen LogP contribution in [0.15, 0.2) is 55.4 Å². The molecule has 0 amide bonds. The Morgan fingerprint density at radius 3 is 2.44 bits per heavy atom. The molecule has 13 heteroatoms. The van der Waals surface area contributed by atoms with E-state index in [0.717, 1.165) is 12.4 Å². The molecule has 180 valence electrons. The Morgan fingerprint density at radius 1 is 1.06 bits per heavy atom. The average molecular weight is 493 g/mol. The number of halogens is 4. The van der Waals surface area contributed by atoms with Gasteiger partial charge in [0.15, 0.2) is 0 Å². The van der Waals surface area contributed by atoms with Crippen LogP contribution in [0, 0.1) is 17.1 Å². The molecule has 1 atom stereocenters. The van der Waals surface area contributed by atoms with Crippen molar-refractivity contribution in [3.63, 3.8) is 0 Å². The molecule has 5 aromatic rings. The van der Waals surface area contributed by atoms with E-state index in [-0.39, 0.29) is 39.4 Å². The van der Waals surface area contributed by atoms with Gasteiger partial charge in [-0.15, -0.1) is 0 Å². The monoisotopic (exact) mass is 493 g/mol. The minimum absolute atomic E-state index is 0.0272. The second-order valence-corrected chi connectivity index (χ2v) is 7.80. The Bertz CT molecular complexity index is 1630. The Labute approximate surface area is 200 Å². The predicted octanol–water partition coefficient (Wildman–Crippen LogP) is 4.30. The maximum Gasteiger partial charge on any atom is 0.451 e. The number of anilines is 1. The van der Waals surface area contributed by atoms with Crippen molar-refractivity contribution in [3.05, 3.63) is 78.3 Å². The third kappa shape index (κ3) is 3.68. The van der Waals surface area contributed by atoms with Gasteiger partial charge in [-0.25, -0.2) is 29.0 Å². The summed E-state index contributed by atoms with van der Waals surface area (Å²) in [4.78, 5) is 15.1. The van der Waals surface area contributed by atoms with Crippen molar-refractivity contribution in [3.8, 4) is 22.9 Å². The zero-order valence-corrected chi connectivity index (χ0v) is 18.4. The molecule has 0 aliphatic carbocycles. The zero-order chi connectivity index (χ0) is 25.6. The van der Waals surface area contributed by atoms with Crippen LogP contribution in [0.2, 0.25) is 0 Å². The molecule has 2 N–H and O–H groups in total. The quantitative estimate of drug-likeness (QED) is 0.370. The highest BCUT2D eigenvalue weighted by atomic mass is 19.4. The summed E-state index contributed by atoms with van der Waals surface area (Å²) in [5.74, 6) is -1.75. The first-order valence-corrected chi connectivity index (χ1v) is 10.4. The minimum Gasteiger partial charge on any atom is -0.383 e. The Kier molecular flexibility index (Phi) is 5.36. The van der Waals surface area contributed by atoms with E-state index >= 15 is 0 Å². The first-order valence-electron chi connectivity index (χ1n) is 10.4. The lowest BCUT2D eigenvalue weighted by molar-refractivity contribution is -0.144. The van der Waals surface area contributed by atoms with E-state index in [0.29, 0.717) is 5.56 Å². The second-order valence-electron chi connectivity index (χ2n) is 7.80. The van der Waals surface area contributed by atoms with Crippen LogP contribution in [-0.4, -0.2) is 34.3 Å². The molecule has 4 aromatic heterocycles. The van der Waals surface area contributed by atoms with Crippen LogP contribution in [0.5, 0.6) is 0 Å². The SMILES string of the molecule is C[C@@H](c1cnn(-c2ccccc2F)c1)n1c(C#N)c(-c2cnc(C(F)(F)F)nc2)c2c(N)ncnc21. The van der Waals surface area contributed by atoms with Gasteiger partial charge in [0.2, 0.25) is 5.82 Å². The number of alkyl halides is 3. The van der Waals surface area contributed by atoms with Gasteiger partial charge < -0.3 is 10.3 Å². The lowest BCUT2D eigenvalue weighted by Crippen LogP contribution is -2.11. The Morgan fingerprint density at radius 2 is 1.78 bits per heavy atom. The molecule has 0 saturated heterocycles. The predicted molar refractivity (Wildman–Crippen MR) is 120 cm³/mol. The number of fused-ring (bicyclic) bond motifs is 1.